The Morgan fingerprint density at radius 1 is 1.29 bits per heavy atom. The fourth-order valence-electron chi connectivity index (χ4n) is 1.81. The van der Waals surface area contributed by atoms with Crippen molar-refractivity contribution in [2.75, 3.05) is 6.26 Å². The normalized spacial score (nSPS) is 11.3. The van der Waals surface area contributed by atoms with Crippen LogP contribution >= 0.6 is 35.0 Å². The SMILES string of the molecule is CSc1nncn1/N=C/c1ccc(COc2ccc(Cl)c(Cl)c2)o1. The van der Waals surface area contributed by atoms with Gasteiger partial charge in [-0.15, -0.1) is 10.2 Å². The van der Waals surface area contributed by atoms with Crippen LogP contribution in [0.25, 0.3) is 0 Å². The van der Waals surface area contributed by atoms with E-state index in [1.54, 1.807) is 35.2 Å². The van der Waals surface area contributed by atoms with Crippen LogP contribution in [-0.2, 0) is 6.61 Å². The van der Waals surface area contributed by atoms with Crippen LogP contribution in [0.1, 0.15) is 11.5 Å². The van der Waals surface area contributed by atoms with Gasteiger partial charge in [-0.1, -0.05) is 35.0 Å². The summed E-state index contributed by atoms with van der Waals surface area (Å²) in [6.07, 6.45) is 5.02. The topological polar surface area (TPSA) is 65.4 Å². The second-order valence-corrected chi connectivity index (χ2v) is 6.16. The van der Waals surface area contributed by atoms with Crippen molar-refractivity contribution < 1.29 is 9.15 Å². The lowest BCUT2D eigenvalue weighted by molar-refractivity contribution is 0.270. The van der Waals surface area contributed by atoms with Crippen LogP contribution in [0, 0.1) is 0 Å². The molecular weight excluding hydrogens is 371 g/mol. The van der Waals surface area contributed by atoms with Crippen molar-refractivity contribution in [1.29, 1.82) is 0 Å². The number of aromatic nitrogens is 3. The first-order valence-corrected chi connectivity index (χ1v) is 8.78. The molecule has 2 aromatic heterocycles. The van der Waals surface area contributed by atoms with Crippen molar-refractivity contribution in [3.63, 3.8) is 0 Å². The summed E-state index contributed by atoms with van der Waals surface area (Å²) in [5.41, 5.74) is 0. The standard InChI is InChI=1S/C15H12Cl2N4O2S/c1-24-15-20-18-9-21(15)19-7-11-2-3-12(23-11)8-22-10-4-5-13(16)14(17)6-10/h2-7,9H,8H2,1H3/b19-7+. The molecule has 0 aliphatic carbocycles. The largest absolute Gasteiger partial charge is 0.486 e. The Kier molecular flexibility index (Phi) is 5.44. The average Bonchev–Trinajstić information content (AvgIpc) is 3.22. The summed E-state index contributed by atoms with van der Waals surface area (Å²) >= 11 is 13.3. The molecule has 0 unspecified atom stereocenters. The maximum absolute atomic E-state index is 5.95. The molecule has 0 fully saturated rings. The first-order valence-electron chi connectivity index (χ1n) is 6.80. The van der Waals surface area contributed by atoms with Crippen LogP contribution in [0.5, 0.6) is 5.75 Å². The molecular formula is C15H12Cl2N4O2S. The van der Waals surface area contributed by atoms with E-state index in [0.29, 0.717) is 32.5 Å². The fourth-order valence-corrected chi connectivity index (χ4v) is 2.51. The number of nitrogens with zero attached hydrogens (tertiary/aromatic N) is 4. The van der Waals surface area contributed by atoms with E-state index in [9.17, 15) is 0 Å². The lowest BCUT2D eigenvalue weighted by Gasteiger charge is -2.05. The molecule has 0 saturated carbocycles. The molecule has 124 valence electrons. The number of thioether (sulfide) groups is 1. The molecule has 0 bridgehead atoms. The highest BCUT2D eigenvalue weighted by Gasteiger charge is 2.05. The van der Waals surface area contributed by atoms with Crippen LogP contribution in [-0.4, -0.2) is 27.3 Å². The van der Waals surface area contributed by atoms with Crippen molar-refractivity contribution >= 4 is 41.2 Å². The third-order valence-corrected chi connectivity index (χ3v) is 4.32. The Labute approximate surface area is 152 Å². The molecule has 0 amide bonds. The predicted octanol–water partition coefficient (Wildman–Crippen LogP) is 4.36. The highest BCUT2D eigenvalue weighted by Crippen LogP contribution is 2.26. The summed E-state index contributed by atoms with van der Waals surface area (Å²) in [4.78, 5) is 0. The van der Waals surface area contributed by atoms with Gasteiger partial charge in [-0.2, -0.15) is 9.78 Å². The lowest BCUT2D eigenvalue weighted by Crippen LogP contribution is -1.94. The van der Waals surface area contributed by atoms with E-state index in [1.165, 1.54) is 18.1 Å². The molecule has 0 aliphatic heterocycles. The number of rotatable bonds is 6. The summed E-state index contributed by atoms with van der Waals surface area (Å²) < 4.78 is 12.8. The maximum atomic E-state index is 5.95. The summed E-state index contributed by atoms with van der Waals surface area (Å²) in [6.45, 7) is 0.272. The molecule has 9 heteroatoms. The molecule has 0 spiro atoms. The highest BCUT2D eigenvalue weighted by atomic mass is 35.5. The van der Waals surface area contributed by atoms with E-state index in [1.807, 2.05) is 12.3 Å². The number of halogens is 2. The first kappa shape index (κ1) is 16.9. The van der Waals surface area contributed by atoms with Gasteiger partial charge in [-0.25, -0.2) is 0 Å². The van der Waals surface area contributed by atoms with Gasteiger partial charge in [0.05, 0.1) is 16.3 Å². The fraction of sp³-hybridized carbons (Fsp3) is 0.133. The van der Waals surface area contributed by atoms with E-state index in [2.05, 4.69) is 15.3 Å². The minimum atomic E-state index is 0.272. The molecule has 0 saturated heterocycles. The number of hydrogen-bond acceptors (Lipinski definition) is 6. The van der Waals surface area contributed by atoms with Gasteiger partial charge in [0.25, 0.3) is 0 Å². The molecule has 3 rings (SSSR count). The summed E-state index contributed by atoms with van der Waals surface area (Å²) in [6, 6.07) is 8.71. The molecule has 0 atom stereocenters. The van der Waals surface area contributed by atoms with Gasteiger partial charge in [0, 0.05) is 6.07 Å². The van der Waals surface area contributed by atoms with Gasteiger partial charge in [-0.3, -0.25) is 0 Å². The highest BCUT2D eigenvalue weighted by molar-refractivity contribution is 7.98. The Morgan fingerprint density at radius 2 is 2.17 bits per heavy atom. The molecule has 6 nitrogen and oxygen atoms in total. The van der Waals surface area contributed by atoms with Crippen molar-refractivity contribution in [2.24, 2.45) is 5.10 Å². The second kappa shape index (κ2) is 7.74. The number of ether oxygens (including phenoxy) is 1. The first-order chi connectivity index (χ1) is 11.7. The number of hydrogen-bond donors (Lipinski definition) is 0. The Balaban J connectivity index is 1.62. The zero-order valence-corrected chi connectivity index (χ0v) is 14.8. The third-order valence-electron chi connectivity index (χ3n) is 2.95. The molecule has 0 N–H and O–H groups in total. The zero-order chi connectivity index (χ0) is 16.9. The van der Waals surface area contributed by atoms with E-state index in [0.717, 1.165) is 0 Å². The summed E-state index contributed by atoms with van der Waals surface area (Å²) in [5, 5.41) is 13.6. The molecule has 24 heavy (non-hydrogen) atoms. The van der Waals surface area contributed by atoms with Crippen LogP contribution in [0.2, 0.25) is 10.0 Å². The third kappa shape index (κ3) is 4.11. The lowest BCUT2D eigenvalue weighted by atomic mass is 10.3. The van der Waals surface area contributed by atoms with Gasteiger partial charge < -0.3 is 9.15 Å². The Morgan fingerprint density at radius 3 is 2.96 bits per heavy atom. The monoisotopic (exact) mass is 382 g/mol. The quantitative estimate of drug-likeness (QED) is 0.467. The molecule has 2 heterocycles. The Hall–Kier alpha value is -1.96. The molecule has 3 aromatic rings. The minimum absolute atomic E-state index is 0.272. The second-order valence-electron chi connectivity index (χ2n) is 4.58. The zero-order valence-electron chi connectivity index (χ0n) is 12.5. The summed E-state index contributed by atoms with van der Waals surface area (Å²) in [7, 11) is 0. The van der Waals surface area contributed by atoms with Crippen molar-refractivity contribution in [3.05, 3.63) is 58.2 Å². The van der Waals surface area contributed by atoms with Gasteiger partial charge in [0.15, 0.2) is 0 Å². The molecule has 1 aromatic carbocycles. The van der Waals surface area contributed by atoms with Gasteiger partial charge in [0.2, 0.25) is 5.16 Å². The van der Waals surface area contributed by atoms with Gasteiger partial charge in [-0.05, 0) is 30.5 Å². The molecule has 0 radical (unpaired) electrons. The van der Waals surface area contributed by atoms with Crippen LogP contribution < -0.4 is 4.74 Å². The minimum Gasteiger partial charge on any atom is -0.486 e. The summed E-state index contributed by atoms with van der Waals surface area (Å²) in [5.74, 6) is 1.88. The van der Waals surface area contributed by atoms with Gasteiger partial charge in [0.1, 0.15) is 30.2 Å². The van der Waals surface area contributed by atoms with Crippen molar-refractivity contribution in [3.8, 4) is 5.75 Å². The number of benzene rings is 1. The average molecular weight is 383 g/mol. The van der Waals surface area contributed by atoms with E-state index in [-0.39, 0.29) is 6.61 Å². The van der Waals surface area contributed by atoms with Crippen LogP contribution in [0.4, 0.5) is 0 Å². The molecule has 0 aliphatic rings. The van der Waals surface area contributed by atoms with Crippen molar-refractivity contribution in [1.82, 2.24) is 14.9 Å². The van der Waals surface area contributed by atoms with E-state index in [4.69, 9.17) is 32.4 Å². The maximum Gasteiger partial charge on any atom is 0.211 e. The van der Waals surface area contributed by atoms with E-state index >= 15 is 0 Å². The van der Waals surface area contributed by atoms with Crippen LogP contribution in [0.3, 0.4) is 0 Å². The van der Waals surface area contributed by atoms with Crippen molar-refractivity contribution in [2.45, 2.75) is 11.8 Å². The predicted molar refractivity (Wildman–Crippen MR) is 94.3 cm³/mol. The number of furan rings is 1. The van der Waals surface area contributed by atoms with Gasteiger partial charge >= 0.3 is 0 Å². The van der Waals surface area contributed by atoms with E-state index < -0.39 is 0 Å². The van der Waals surface area contributed by atoms with Crippen LogP contribution in [0.15, 0.2) is 51.3 Å². The smallest absolute Gasteiger partial charge is 0.211 e. The Bertz CT molecular complexity index is 863.